The number of carbonyl (C=O) groups is 1. The quantitative estimate of drug-likeness (QED) is 0.204. The van der Waals surface area contributed by atoms with E-state index in [1.165, 1.54) is 5.56 Å². The van der Waals surface area contributed by atoms with Crippen LogP contribution in [0.4, 0.5) is 5.69 Å². The maximum Gasteiger partial charge on any atom is 0.222 e. The molecule has 0 unspecified atom stereocenters. The first-order valence-electron chi connectivity index (χ1n) is 12.6. The fourth-order valence-electron chi connectivity index (χ4n) is 4.55. The number of benzene rings is 3. The summed E-state index contributed by atoms with van der Waals surface area (Å²) in [6, 6.07) is 28.5. The van der Waals surface area contributed by atoms with Crippen LogP contribution in [-0.2, 0) is 11.2 Å². The van der Waals surface area contributed by atoms with Crippen LogP contribution in [-0.4, -0.2) is 57.5 Å². The van der Waals surface area contributed by atoms with Gasteiger partial charge in [0.1, 0.15) is 5.82 Å². The van der Waals surface area contributed by atoms with E-state index in [9.17, 15) is 4.79 Å². The Labute approximate surface area is 227 Å². The van der Waals surface area contributed by atoms with Gasteiger partial charge in [-0.15, -0.1) is 10.2 Å². The fraction of sp³-hybridized carbons (Fsp3) is 0.276. The third-order valence-electron chi connectivity index (χ3n) is 6.49. The highest BCUT2D eigenvalue weighted by Crippen LogP contribution is 2.25. The Balaban J connectivity index is 1.15. The van der Waals surface area contributed by atoms with E-state index in [0.29, 0.717) is 12.8 Å². The first-order valence-corrected chi connectivity index (χ1v) is 14.0. The van der Waals surface area contributed by atoms with E-state index in [1.54, 1.807) is 11.8 Å². The number of halogens is 1. The molecule has 190 valence electrons. The molecule has 1 aromatic heterocycles. The van der Waals surface area contributed by atoms with Gasteiger partial charge in [0.2, 0.25) is 5.91 Å². The Kier molecular flexibility index (Phi) is 8.43. The number of amides is 1. The maximum atomic E-state index is 12.8. The van der Waals surface area contributed by atoms with Gasteiger partial charge in [0.25, 0.3) is 0 Å². The van der Waals surface area contributed by atoms with Crippen LogP contribution in [0.15, 0.2) is 90.1 Å². The van der Waals surface area contributed by atoms with Gasteiger partial charge in [0.05, 0.1) is 0 Å². The van der Waals surface area contributed by atoms with Crippen molar-refractivity contribution in [2.75, 3.05) is 36.8 Å². The molecule has 2 heterocycles. The van der Waals surface area contributed by atoms with Crippen molar-refractivity contribution in [1.82, 2.24) is 19.7 Å². The maximum absolute atomic E-state index is 12.8. The van der Waals surface area contributed by atoms with E-state index in [1.807, 2.05) is 59.5 Å². The molecule has 1 aliphatic heterocycles. The predicted octanol–water partition coefficient (Wildman–Crippen LogP) is 5.73. The van der Waals surface area contributed by atoms with Crippen LogP contribution in [0.25, 0.3) is 5.69 Å². The minimum atomic E-state index is 0.223. The zero-order chi connectivity index (χ0) is 25.5. The topological polar surface area (TPSA) is 54.3 Å². The lowest BCUT2D eigenvalue weighted by molar-refractivity contribution is -0.131. The monoisotopic (exact) mass is 531 g/mol. The molecule has 0 spiro atoms. The molecule has 5 rings (SSSR count). The molecular formula is C29H30ClN5OS. The van der Waals surface area contributed by atoms with Gasteiger partial charge >= 0.3 is 0 Å². The van der Waals surface area contributed by atoms with Gasteiger partial charge in [0, 0.05) is 61.2 Å². The number of hydrogen-bond donors (Lipinski definition) is 0. The van der Waals surface area contributed by atoms with Crippen LogP contribution in [0.3, 0.4) is 0 Å². The van der Waals surface area contributed by atoms with Crippen molar-refractivity contribution in [2.24, 2.45) is 0 Å². The summed E-state index contributed by atoms with van der Waals surface area (Å²) in [5.74, 6) is 1.94. The standard InChI is InChI=1S/C29H30ClN5OS/c30-24-11-7-14-26(22-24)33-16-18-34(19-17-33)28(36)15-8-20-37-29-32-31-27(21-23-9-3-1-4-10-23)35(29)25-12-5-2-6-13-25/h1-7,9-14,22H,8,15-21H2. The van der Waals surface area contributed by atoms with Crippen molar-refractivity contribution >= 4 is 35.0 Å². The van der Waals surface area contributed by atoms with E-state index in [2.05, 4.69) is 50.0 Å². The van der Waals surface area contributed by atoms with Crippen molar-refractivity contribution in [3.05, 3.63) is 101 Å². The van der Waals surface area contributed by atoms with E-state index >= 15 is 0 Å². The number of piperazine rings is 1. The van der Waals surface area contributed by atoms with Crippen LogP contribution in [0, 0.1) is 0 Å². The Morgan fingerprint density at radius 2 is 1.54 bits per heavy atom. The molecule has 0 N–H and O–H groups in total. The molecule has 37 heavy (non-hydrogen) atoms. The number of anilines is 1. The highest BCUT2D eigenvalue weighted by Gasteiger charge is 2.21. The van der Waals surface area contributed by atoms with Crippen LogP contribution < -0.4 is 4.90 Å². The second kappa shape index (κ2) is 12.3. The lowest BCUT2D eigenvalue weighted by Gasteiger charge is -2.36. The van der Waals surface area contributed by atoms with Gasteiger partial charge in [-0.2, -0.15) is 0 Å². The number of thioether (sulfide) groups is 1. The summed E-state index contributed by atoms with van der Waals surface area (Å²) in [5.41, 5.74) is 3.37. The first-order chi connectivity index (χ1) is 18.2. The van der Waals surface area contributed by atoms with E-state index in [4.69, 9.17) is 11.6 Å². The Bertz CT molecular complexity index is 1310. The minimum absolute atomic E-state index is 0.223. The summed E-state index contributed by atoms with van der Waals surface area (Å²) in [5, 5.41) is 10.6. The largest absolute Gasteiger partial charge is 0.368 e. The smallest absolute Gasteiger partial charge is 0.222 e. The minimum Gasteiger partial charge on any atom is -0.368 e. The van der Waals surface area contributed by atoms with Crippen molar-refractivity contribution in [3.63, 3.8) is 0 Å². The number of rotatable bonds is 9. The molecular weight excluding hydrogens is 502 g/mol. The van der Waals surface area contributed by atoms with Crippen molar-refractivity contribution in [3.8, 4) is 5.69 Å². The first kappa shape index (κ1) is 25.4. The SMILES string of the molecule is O=C(CCCSc1nnc(Cc2ccccc2)n1-c1ccccc1)N1CCN(c2cccc(Cl)c2)CC1. The number of hydrogen-bond acceptors (Lipinski definition) is 5. The van der Waals surface area contributed by atoms with Crippen LogP contribution in [0.1, 0.15) is 24.2 Å². The number of carbonyl (C=O) groups excluding carboxylic acids is 1. The summed E-state index contributed by atoms with van der Waals surface area (Å²) in [6.45, 7) is 3.13. The summed E-state index contributed by atoms with van der Waals surface area (Å²) >= 11 is 7.80. The summed E-state index contributed by atoms with van der Waals surface area (Å²) in [6.07, 6.45) is 2.05. The molecule has 1 saturated heterocycles. The van der Waals surface area contributed by atoms with Crippen molar-refractivity contribution in [2.45, 2.75) is 24.4 Å². The molecule has 1 aliphatic rings. The zero-order valence-electron chi connectivity index (χ0n) is 20.7. The van der Waals surface area contributed by atoms with Crippen LogP contribution in [0.5, 0.6) is 0 Å². The molecule has 0 radical (unpaired) electrons. The van der Waals surface area contributed by atoms with Gasteiger partial charge in [-0.1, -0.05) is 78.0 Å². The summed E-state index contributed by atoms with van der Waals surface area (Å²) in [4.78, 5) is 17.1. The Hall–Kier alpha value is -3.29. The Morgan fingerprint density at radius 1 is 0.838 bits per heavy atom. The molecule has 3 aromatic carbocycles. The average molecular weight is 532 g/mol. The second-order valence-corrected chi connectivity index (χ2v) is 10.5. The van der Waals surface area contributed by atoms with Crippen molar-refractivity contribution in [1.29, 1.82) is 0 Å². The van der Waals surface area contributed by atoms with Crippen LogP contribution in [0.2, 0.25) is 5.02 Å². The number of aromatic nitrogens is 3. The molecule has 4 aromatic rings. The van der Waals surface area contributed by atoms with E-state index < -0.39 is 0 Å². The molecule has 6 nitrogen and oxygen atoms in total. The second-order valence-electron chi connectivity index (χ2n) is 9.03. The summed E-state index contributed by atoms with van der Waals surface area (Å²) in [7, 11) is 0. The lowest BCUT2D eigenvalue weighted by Crippen LogP contribution is -2.48. The third-order valence-corrected chi connectivity index (χ3v) is 7.74. The molecule has 0 aliphatic carbocycles. The molecule has 0 atom stereocenters. The molecule has 0 bridgehead atoms. The highest BCUT2D eigenvalue weighted by molar-refractivity contribution is 7.99. The fourth-order valence-corrected chi connectivity index (χ4v) is 5.65. The van der Waals surface area contributed by atoms with Crippen LogP contribution >= 0.6 is 23.4 Å². The predicted molar refractivity (Wildman–Crippen MR) is 151 cm³/mol. The van der Waals surface area contributed by atoms with E-state index in [-0.39, 0.29) is 5.91 Å². The van der Waals surface area contributed by atoms with Gasteiger partial charge in [0.15, 0.2) is 5.16 Å². The normalized spacial score (nSPS) is 13.6. The number of nitrogens with zero attached hydrogens (tertiary/aromatic N) is 5. The highest BCUT2D eigenvalue weighted by atomic mass is 35.5. The van der Waals surface area contributed by atoms with Crippen molar-refractivity contribution < 1.29 is 4.79 Å². The zero-order valence-corrected chi connectivity index (χ0v) is 22.2. The van der Waals surface area contributed by atoms with Gasteiger partial charge < -0.3 is 9.80 Å². The van der Waals surface area contributed by atoms with E-state index in [0.717, 1.165) is 65.7 Å². The van der Waals surface area contributed by atoms with Gasteiger partial charge in [-0.3, -0.25) is 9.36 Å². The number of para-hydroxylation sites is 1. The van der Waals surface area contributed by atoms with Gasteiger partial charge in [-0.25, -0.2) is 0 Å². The Morgan fingerprint density at radius 3 is 2.27 bits per heavy atom. The third kappa shape index (κ3) is 6.53. The molecule has 1 amide bonds. The molecule has 1 fully saturated rings. The van der Waals surface area contributed by atoms with Gasteiger partial charge in [-0.05, 0) is 42.3 Å². The summed E-state index contributed by atoms with van der Waals surface area (Å²) < 4.78 is 2.13. The molecule has 8 heteroatoms. The average Bonchev–Trinajstić information content (AvgIpc) is 3.34. The lowest BCUT2D eigenvalue weighted by atomic mass is 10.1. The molecule has 0 saturated carbocycles.